The van der Waals surface area contributed by atoms with Crippen molar-refractivity contribution < 1.29 is 33.1 Å². The van der Waals surface area contributed by atoms with Crippen molar-refractivity contribution in [1.82, 2.24) is 15.0 Å². The zero-order valence-electron chi connectivity index (χ0n) is 19.0. The van der Waals surface area contributed by atoms with Crippen LogP contribution in [0.2, 0.25) is 0 Å². The lowest BCUT2D eigenvalue weighted by atomic mass is 10.1. The van der Waals surface area contributed by atoms with Crippen LogP contribution in [0.25, 0.3) is 11.4 Å². The number of rotatable bonds is 9. The van der Waals surface area contributed by atoms with E-state index >= 15 is 0 Å². The molecule has 34 heavy (non-hydrogen) atoms. The highest BCUT2D eigenvalue weighted by Gasteiger charge is 2.35. The largest absolute Gasteiger partial charge is 0.493 e. The molecule has 2 heterocycles. The number of ether oxygens (including phenoxy) is 3. The molecule has 2 amide bonds. The fraction of sp³-hybridized carbons (Fsp3) is 0.292. The van der Waals surface area contributed by atoms with Gasteiger partial charge in [-0.05, 0) is 43.7 Å². The maximum Gasteiger partial charge on any atom is 0.306 e. The molecule has 0 unspecified atom stereocenters. The molecule has 10 heteroatoms. The fourth-order valence-corrected chi connectivity index (χ4v) is 3.61. The second-order valence-corrected chi connectivity index (χ2v) is 7.66. The summed E-state index contributed by atoms with van der Waals surface area (Å²) >= 11 is 0. The van der Waals surface area contributed by atoms with Crippen LogP contribution in [-0.2, 0) is 16.1 Å². The molecule has 0 fully saturated rings. The molecule has 4 rings (SSSR count). The second-order valence-electron chi connectivity index (χ2n) is 7.66. The summed E-state index contributed by atoms with van der Waals surface area (Å²) in [6, 6.07) is 10.3. The number of benzene rings is 2. The first-order chi connectivity index (χ1) is 16.4. The third-order valence-electron chi connectivity index (χ3n) is 5.36. The van der Waals surface area contributed by atoms with E-state index in [9.17, 15) is 14.4 Å². The van der Waals surface area contributed by atoms with E-state index < -0.39 is 5.97 Å². The molecule has 0 atom stereocenters. The molecule has 1 aliphatic rings. The minimum atomic E-state index is -0.502. The number of amides is 2. The monoisotopic (exact) mass is 465 g/mol. The Labute approximate surface area is 195 Å². The maximum atomic E-state index is 12.5. The molecule has 3 aromatic rings. The summed E-state index contributed by atoms with van der Waals surface area (Å²) in [7, 11) is 3.07. The average molecular weight is 465 g/mol. The first-order valence-electron chi connectivity index (χ1n) is 10.6. The highest BCUT2D eigenvalue weighted by molar-refractivity contribution is 6.21. The summed E-state index contributed by atoms with van der Waals surface area (Å²) in [5.41, 5.74) is 2.34. The summed E-state index contributed by atoms with van der Waals surface area (Å²) in [5.74, 6) is 0.346. The number of fused-ring (bicyclic) bond motifs is 1. The van der Waals surface area contributed by atoms with Gasteiger partial charge in [-0.2, -0.15) is 4.98 Å². The number of esters is 1. The number of aryl methyl sites for hydroxylation is 1. The van der Waals surface area contributed by atoms with Crippen LogP contribution in [0.1, 0.15) is 45.0 Å². The van der Waals surface area contributed by atoms with Crippen LogP contribution in [0.4, 0.5) is 0 Å². The number of hydrogen-bond donors (Lipinski definition) is 0. The molecule has 10 nitrogen and oxygen atoms in total. The first-order valence-corrected chi connectivity index (χ1v) is 10.6. The van der Waals surface area contributed by atoms with Crippen LogP contribution < -0.4 is 9.47 Å². The summed E-state index contributed by atoms with van der Waals surface area (Å²) < 4.78 is 20.8. The highest BCUT2D eigenvalue weighted by atomic mass is 16.6. The minimum absolute atomic E-state index is 0.0309. The van der Waals surface area contributed by atoms with E-state index in [-0.39, 0.29) is 43.7 Å². The van der Waals surface area contributed by atoms with Crippen molar-refractivity contribution in [2.75, 3.05) is 20.8 Å². The van der Waals surface area contributed by atoms with Crippen molar-refractivity contribution in [3.8, 4) is 22.9 Å². The van der Waals surface area contributed by atoms with Gasteiger partial charge in [0.05, 0.1) is 25.3 Å². The molecule has 0 N–H and O–H groups in total. The Balaban J connectivity index is 1.27. The lowest BCUT2D eigenvalue weighted by Gasteiger charge is -2.13. The highest BCUT2D eigenvalue weighted by Crippen LogP contribution is 2.31. The predicted octanol–water partition coefficient (Wildman–Crippen LogP) is 3.18. The van der Waals surface area contributed by atoms with Crippen molar-refractivity contribution in [3.05, 3.63) is 59.0 Å². The van der Waals surface area contributed by atoms with E-state index in [1.54, 1.807) is 43.5 Å². The van der Waals surface area contributed by atoms with E-state index in [4.69, 9.17) is 18.7 Å². The number of methoxy groups -OCH3 is 2. The standard InChI is InChI=1S/C24H23N3O7/c1-14-6-8-16-17(11-14)24(30)27(23(16)29)10-4-5-21(28)33-13-20-25-22(26-34-20)15-7-9-18(31-2)19(12-15)32-3/h6-9,11-12H,4-5,10,13H2,1-3H3. The van der Waals surface area contributed by atoms with Crippen molar-refractivity contribution in [3.63, 3.8) is 0 Å². The molecule has 0 spiro atoms. The van der Waals surface area contributed by atoms with Crippen molar-refractivity contribution >= 4 is 17.8 Å². The molecule has 0 saturated heterocycles. The predicted molar refractivity (Wildman–Crippen MR) is 118 cm³/mol. The zero-order chi connectivity index (χ0) is 24.2. The molecular weight excluding hydrogens is 442 g/mol. The van der Waals surface area contributed by atoms with Gasteiger partial charge in [-0.25, -0.2) is 0 Å². The molecule has 0 bridgehead atoms. The van der Waals surface area contributed by atoms with E-state index in [1.165, 1.54) is 7.11 Å². The van der Waals surface area contributed by atoms with Crippen LogP contribution in [0.5, 0.6) is 11.5 Å². The van der Waals surface area contributed by atoms with E-state index in [2.05, 4.69) is 10.1 Å². The van der Waals surface area contributed by atoms with Crippen molar-refractivity contribution in [1.29, 1.82) is 0 Å². The Bertz CT molecular complexity index is 1250. The van der Waals surface area contributed by atoms with Crippen LogP contribution in [0, 0.1) is 6.92 Å². The molecule has 0 aliphatic carbocycles. The summed E-state index contributed by atoms with van der Waals surface area (Å²) in [5, 5.41) is 3.90. The van der Waals surface area contributed by atoms with Gasteiger partial charge in [0.15, 0.2) is 18.1 Å². The van der Waals surface area contributed by atoms with Gasteiger partial charge in [-0.3, -0.25) is 19.3 Å². The van der Waals surface area contributed by atoms with Crippen LogP contribution in [-0.4, -0.2) is 53.6 Å². The van der Waals surface area contributed by atoms with Gasteiger partial charge in [-0.1, -0.05) is 16.8 Å². The van der Waals surface area contributed by atoms with Gasteiger partial charge in [0, 0.05) is 18.5 Å². The van der Waals surface area contributed by atoms with E-state index in [1.807, 2.05) is 6.92 Å². The van der Waals surface area contributed by atoms with Gasteiger partial charge in [0.2, 0.25) is 5.82 Å². The molecule has 0 radical (unpaired) electrons. The molecular formula is C24H23N3O7. The van der Waals surface area contributed by atoms with E-state index in [0.29, 0.717) is 34.0 Å². The van der Waals surface area contributed by atoms with Crippen LogP contribution in [0.15, 0.2) is 40.9 Å². The Morgan fingerprint density at radius 1 is 1.00 bits per heavy atom. The van der Waals surface area contributed by atoms with Gasteiger partial charge in [0.25, 0.3) is 17.7 Å². The Morgan fingerprint density at radius 2 is 1.76 bits per heavy atom. The molecule has 176 valence electrons. The zero-order valence-corrected chi connectivity index (χ0v) is 19.0. The van der Waals surface area contributed by atoms with Gasteiger partial charge in [-0.15, -0.1) is 0 Å². The Hall–Kier alpha value is -4.21. The Kier molecular flexibility index (Phi) is 6.58. The second kappa shape index (κ2) is 9.74. The summed E-state index contributed by atoms with van der Waals surface area (Å²) in [4.78, 5) is 42.4. The van der Waals surface area contributed by atoms with Gasteiger partial charge < -0.3 is 18.7 Å². The van der Waals surface area contributed by atoms with Crippen LogP contribution >= 0.6 is 0 Å². The molecule has 2 aromatic carbocycles. The SMILES string of the molecule is COc1ccc(-c2noc(COC(=O)CCCN3C(=O)c4ccc(C)cc4C3=O)n2)cc1OC. The minimum Gasteiger partial charge on any atom is -0.493 e. The smallest absolute Gasteiger partial charge is 0.306 e. The fourth-order valence-electron chi connectivity index (χ4n) is 3.61. The topological polar surface area (TPSA) is 121 Å². The third kappa shape index (κ3) is 4.61. The number of aromatic nitrogens is 2. The normalized spacial score (nSPS) is 12.6. The third-order valence-corrected chi connectivity index (χ3v) is 5.36. The number of carbonyl (C=O) groups is 3. The molecule has 1 aliphatic heterocycles. The van der Waals surface area contributed by atoms with Gasteiger partial charge in [0.1, 0.15) is 0 Å². The molecule has 0 saturated carbocycles. The average Bonchev–Trinajstić information content (AvgIpc) is 3.41. The maximum absolute atomic E-state index is 12.5. The first kappa shape index (κ1) is 23.0. The number of nitrogens with zero attached hydrogens (tertiary/aromatic N) is 3. The number of imide groups is 1. The van der Waals surface area contributed by atoms with Crippen LogP contribution in [0.3, 0.4) is 0 Å². The molecule has 1 aromatic heterocycles. The lowest BCUT2D eigenvalue weighted by Crippen LogP contribution is -2.31. The van der Waals surface area contributed by atoms with E-state index in [0.717, 1.165) is 10.5 Å². The van der Waals surface area contributed by atoms with Gasteiger partial charge >= 0.3 is 5.97 Å². The Morgan fingerprint density at radius 3 is 2.53 bits per heavy atom. The number of hydrogen-bond acceptors (Lipinski definition) is 9. The van der Waals surface area contributed by atoms with Crippen molar-refractivity contribution in [2.45, 2.75) is 26.4 Å². The summed E-state index contributed by atoms with van der Waals surface area (Å²) in [6.07, 6.45) is 0.313. The lowest BCUT2D eigenvalue weighted by molar-refractivity contribution is -0.145. The number of carbonyl (C=O) groups excluding carboxylic acids is 3. The van der Waals surface area contributed by atoms with Crippen molar-refractivity contribution in [2.24, 2.45) is 0 Å². The quantitative estimate of drug-likeness (QED) is 0.346. The summed E-state index contributed by atoms with van der Waals surface area (Å²) in [6.45, 7) is 1.80.